The smallest absolute Gasteiger partial charge is 0.264 e. The molecule has 1 fully saturated rings. The molecule has 5 nitrogen and oxygen atoms in total. The Hall–Kier alpha value is -1.86. The van der Waals surface area contributed by atoms with E-state index in [1.54, 1.807) is 13.0 Å². The number of aromatic nitrogens is 2. The Bertz CT molecular complexity index is 810. The lowest BCUT2D eigenvalue weighted by atomic mass is 9.91. The van der Waals surface area contributed by atoms with Gasteiger partial charge in [-0.15, -0.1) is 0 Å². The molecule has 2 aromatic heterocycles. The molecular weight excluding hydrogens is 340 g/mol. The van der Waals surface area contributed by atoms with Crippen molar-refractivity contribution in [2.45, 2.75) is 38.5 Å². The van der Waals surface area contributed by atoms with Crippen LogP contribution in [0, 0.1) is 6.92 Å². The molecule has 0 unspecified atom stereocenters. The number of alkyl halides is 2. The summed E-state index contributed by atoms with van der Waals surface area (Å²) in [6.07, 6.45) is 2.51. The van der Waals surface area contributed by atoms with E-state index in [-0.39, 0.29) is 17.2 Å². The van der Waals surface area contributed by atoms with Gasteiger partial charge in [0, 0.05) is 23.7 Å². The number of nitrogens with zero attached hydrogens (tertiary/aromatic N) is 3. The molecule has 4 rings (SSSR count). The molecule has 26 heavy (non-hydrogen) atoms. The van der Waals surface area contributed by atoms with Gasteiger partial charge in [0.15, 0.2) is 0 Å². The maximum Gasteiger partial charge on any atom is 0.264 e. The third-order valence-electron chi connectivity index (χ3n) is 5.32. The van der Waals surface area contributed by atoms with E-state index in [4.69, 9.17) is 9.26 Å². The summed E-state index contributed by atoms with van der Waals surface area (Å²) in [6, 6.07) is 1.55. The first kappa shape index (κ1) is 17.5. The minimum atomic E-state index is -2.56. The van der Waals surface area contributed by atoms with Crippen molar-refractivity contribution in [1.29, 1.82) is 0 Å². The van der Waals surface area contributed by atoms with E-state index < -0.39 is 6.43 Å². The van der Waals surface area contributed by atoms with Crippen LogP contribution in [0.25, 0.3) is 11.1 Å². The summed E-state index contributed by atoms with van der Waals surface area (Å²) in [5, 5.41) is 4.16. The van der Waals surface area contributed by atoms with Crippen LogP contribution in [0.3, 0.4) is 0 Å². The van der Waals surface area contributed by atoms with E-state index in [0.29, 0.717) is 16.8 Å². The van der Waals surface area contributed by atoms with E-state index in [2.05, 4.69) is 21.1 Å². The summed E-state index contributed by atoms with van der Waals surface area (Å²) in [5.41, 5.74) is 2.71. The molecule has 0 spiro atoms. The Morgan fingerprint density at radius 3 is 2.81 bits per heavy atom. The van der Waals surface area contributed by atoms with E-state index >= 15 is 0 Å². The number of ether oxygens (including phenoxy) is 1. The number of likely N-dealkylation sites (tertiary alicyclic amines) is 1. The Morgan fingerprint density at radius 2 is 2.12 bits per heavy atom. The molecule has 2 aromatic rings. The van der Waals surface area contributed by atoms with Crippen molar-refractivity contribution in [3.63, 3.8) is 0 Å². The zero-order chi connectivity index (χ0) is 18.1. The Labute approximate surface area is 151 Å². The number of rotatable bonds is 4. The van der Waals surface area contributed by atoms with Gasteiger partial charge in [-0.25, -0.2) is 13.8 Å². The molecule has 0 aliphatic carbocycles. The fourth-order valence-electron chi connectivity index (χ4n) is 3.92. The topological polar surface area (TPSA) is 51.4 Å². The summed E-state index contributed by atoms with van der Waals surface area (Å²) in [4.78, 5) is 6.90. The van der Waals surface area contributed by atoms with Crippen LogP contribution in [-0.4, -0.2) is 47.9 Å². The molecular formula is C19H23F2N3O2. The highest BCUT2D eigenvalue weighted by Crippen LogP contribution is 2.34. The Balaban J connectivity index is 1.48. The SMILES string of the molecule is Cc1noc2nc(C3CCN(CC4=CCCOC4)CC3)cc(C(F)F)c12. The molecule has 0 N–H and O–H groups in total. The van der Waals surface area contributed by atoms with E-state index in [9.17, 15) is 8.78 Å². The van der Waals surface area contributed by atoms with Gasteiger partial charge in [0.2, 0.25) is 0 Å². The lowest BCUT2D eigenvalue weighted by molar-refractivity contribution is 0.137. The summed E-state index contributed by atoms with van der Waals surface area (Å²) in [5.74, 6) is 0.176. The first-order valence-electron chi connectivity index (χ1n) is 9.15. The maximum atomic E-state index is 13.5. The first-order chi connectivity index (χ1) is 12.6. The lowest BCUT2D eigenvalue weighted by Crippen LogP contribution is -2.35. The molecule has 140 valence electrons. The lowest BCUT2D eigenvalue weighted by Gasteiger charge is -2.32. The highest BCUT2D eigenvalue weighted by molar-refractivity contribution is 5.80. The predicted molar refractivity (Wildman–Crippen MR) is 93.4 cm³/mol. The molecule has 7 heteroatoms. The van der Waals surface area contributed by atoms with Gasteiger partial charge in [-0.1, -0.05) is 11.2 Å². The van der Waals surface area contributed by atoms with Crippen LogP contribution < -0.4 is 0 Å². The van der Waals surface area contributed by atoms with Crippen molar-refractivity contribution >= 4 is 11.1 Å². The number of fused-ring (bicyclic) bond motifs is 1. The van der Waals surface area contributed by atoms with Crippen LogP contribution in [0.1, 0.15) is 48.6 Å². The van der Waals surface area contributed by atoms with Crippen molar-refractivity contribution in [3.8, 4) is 0 Å². The number of halogens is 2. The highest BCUT2D eigenvalue weighted by atomic mass is 19.3. The minimum Gasteiger partial charge on any atom is -0.377 e. The second-order valence-electron chi connectivity index (χ2n) is 7.14. The van der Waals surface area contributed by atoms with Crippen molar-refractivity contribution < 1.29 is 18.0 Å². The number of aryl methyl sites for hydroxylation is 1. The normalized spacial score (nSPS) is 20.1. The third kappa shape index (κ3) is 3.50. The number of hydrogen-bond donors (Lipinski definition) is 0. The van der Waals surface area contributed by atoms with E-state index in [1.807, 2.05) is 0 Å². The second kappa shape index (κ2) is 7.40. The minimum absolute atomic E-state index is 0.0179. The molecule has 0 saturated carbocycles. The average Bonchev–Trinajstić information content (AvgIpc) is 3.03. The summed E-state index contributed by atoms with van der Waals surface area (Å²) in [6.45, 7) is 6.00. The van der Waals surface area contributed by atoms with Crippen molar-refractivity contribution in [1.82, 2.24) is 15.0 Å². The van der Waals surface area contributed by atoms with Crippen LogP contribution in [0.4, 0.5) is 8.78 Å². The zero-order valence-corrected chi connectivity index (χ0v) is 14.9. The third-order valence-corrected chi connectivity index (χ3v) is 5.32. The molecule has 0 radical (unpaired) electrons. The van der Waals surface area contributed by atoms with Gasteiger partial charge < -0.3 is 9.26 Å². The van der Waals surface area contributed by atoms with Crippen LogP contribution in [0.5, 0.6) is 0 Å². The van der Waals surface area contributed by atoms with Crippen molar-refractivity contribution in [2.75, 3.05) is 32.8 Å². The van der Waals surface area contributed by atoms with Gasteiger partial charge in [-0.05, 0) is 50.9 Å². The first-order valence-corrected chi connectivity index (χ1v) is 9.15. The molecule has 2 aliphatic heterocycles. The molecule has 0 bridgehead atoms. The molecule has 4 heterocycles. The van der Waals surface area contributed by atoms with E-state index in [1.165, 1.54) is 5.57 Å². The molecule has 0 amide bonds. The Morgan fingerprint density at radius 1 is 1.31 bits per heavy atom. The summed E-state index contributed by atoms with van der Waals surface area (Å²) >= 11 is 0. The van der Waals surface area contributed by atoms with Gasteiger partial charge in [0.05, 0.1) is 24.3 Å². The monoisotopic (exact) mass is 363 g/mol. The number of pyridine rings is 1. The summed E-state index contributed by atoms with van der Waals surface area (Å²) in [7, 11) is 0. The maximum absolute atomic E-state index is 13.5. The van der Waals surface area contributed by atoms with Gasteiger partial charge in [-0.2, -0.15) is 0 Å². The molecule has 0 atom stereocenters. The zero-order valence-electron chi connectivity index (χ0n) is 14.9. The molecule has 0 aromatic carbocycles. The fourth-order valence-corrected chi connectivity index (χ4v) is 3.92. The molecule has 1 saturated heterocycles. The van der Waals surface area contributed by atoms with Gasteiger partial charge in [-0.3, -0.25) is 4.90 Å². The van der Waals surface area contributed by atoms with Gasteiger partial charge >= 0.3 is 0 Å². The van der Waals surface area contributed by atoms with Crippen LogP contribution >= 0.6 is 0 Å². The van der Waals surface area contributed by atoms with Crippen LogP contribution in [-0.2, 0) is 4.74 Å². The van der Waals surface area contributed by atoms with Crippen molar-refractivity contribution in [3.05, 3.63) is 34.7 Å². The van der Waals surface area contributed by atoms with E-state index in [0.717, 1.165) is 52.1 Å². The number of hydrogen-bond acceptors (Lipinski definition) is 5. The van der Waals surface area contributed by atoms with Gasteiger partial charge in [0.25, 0.3) is 12.1 Å². The standard InChI is InChI=1S/C19H23F2N3O2/c1-12-17-15(18(20)21)9-16(22-19(17)26-23-12)14-4-6-24(7-5-14)10-13-3-2-8-25-11-13/h3,9,14,18H,2,4-8,10-11H2,1H3. The number of piperidine rings is 1. The fraction of sp³-hybridized carbons (Fsp3) is 0.579. The van der Waals surface area contributed by atoms with Crippen LogP contribution in [0.2, 0.25) is 0 Å². The molecule has 2 aliphatic rings. The summed E-state index contributed by atoms with van der Waals surface area (Å²) < 4.78 is 37.7. The average molecular weight is 363 g/mol. The van der Waals surface area contributed by atoms with Gasteiger partial charge in [0.1, 0.15) is 0 Å². The Kier molecular flexibility index (Phi) is 5.00. The van der Waals surface area contributed by atoms with Crippen LogP contribution in [0.15, 0.2) is 22.2 Å². The second-order valence-corrected chi connectivity index (χ2v) is 7.14. The highest BCUT2D eigenvalue weighted by Gasteiger charge is 2.26. The quantitative estimate of drug-likeness (QED) is 0.769. The predicted octanol–water partition coefficient (Wildman–Crippen LogP) is 3.99. The largest absolute Gasteiger partial charge is 0.377 e. The van der Waals surface area contributed by atoms with Crippen molar-refractivity contribution in [2.24, 2.45) is 0 Å².